The van der Waals surface area contributed by atoms with E-state index in [2.05, 4.69) is 10.6 Å². The fourth-order valence-corrected chi connectivity index (χ4v) is 5.33. The molecule has 1 heterocycles. The molecule has 0 saturated carbocycles. The lowest BCUT2D eigenvalue weighted by atomic mass is 10.0. The quantitative estimate of drug-likeness (QED) is 0.637. The number of nitrogens with zero attached hydrogens (tertiary/aromatic N) is 1. The van der Waals surface area contributed by atoms with Crippen molar-refractivity contribution in [3.05, 3.63) is 58.6 Å². The summed E-state index contributed by atoms with van der Waals surface area (Å²) in [5.74, 6) is -0.260. The van der Waals surface area contributed by atoms with Crippen molar-refractivity contribution in [1.29, 1.82) is 0 Å². The molecule has 1 fully saturated rings. The highest BCUT2D eigenvalue weighted by molar-refractivity contribution is 7.89. The highest BCUT2D eigenvalue weighted by Gasteiger charge is 2.29. The minimum Gasteiger partial charge on any atom is -0.353 e. The number of rotatable bonds is 7. The minimum atomic E-state index is -3.62. The number of piperidine rings is 1. The first-order chi connectivity index (χ1) is 15.1. The molecule has 0 spiro atoms. The molecule has 1 aliphatic heterocycles. The zero-order valence-electron chi connectivity index (χ0n) is 18.2. The van der Waals surface area contributed by atoms with Gasteiger partial charge in [0.15, 0.2) is 0 Å². The van der Waals surface area contributed by atoms with Gasteiger partial charge in [0.1, 0.15) is 0 Å². The largest absolute Gasteiger partial charge is 0.353 e. The fourth-order valence-electron chi connectivity index (χ4n) is 3.65. The maximum atomic E-state index is 12.9. The molecule has 32 heavy (non-hydrogen) atoms. The Morgan fingerprint density at radius 3 is 2.34 bits per heavy atom. The van der Waals surface area contributed by atoms with Gasteiger partial charge < -0.3 is 10.6 Å². The zero-order valence-corrected chi connectivity index (χ0v) is 19.8. The molecule has 3 rings (SSSR count). The number of amides is 2. The number of aryl methyl sites for hydroxylation is 2. The van der Waals surface area contributed by atoms with E-state index in [-0.39, 0.29) is 22.8 Å². The number of hydrogen-bond donors (Lipinski definition) is 2. The molecular formula is C23H28ClN3O4S. The summed E-state index contributed by atoms with van der Waals surface area (Å²) >= 11 is 6.14. The lowest BCUT2D eigenvalue weighted by Gasteiger charge is -2.31. The summed E-state index contributed by atoms with van der Waals surface area (Å²) in [6, 6.07) is 11.9. The van der Waals surface area contributed by atoms with Crippen LogP contribution < -0.4 is 10.6 Å². The maximum absolute atomic E-state index is 12.9. The Hall–Kier alpha value is -2.42. The van der Waals surface area contributed by atoms with Gasteiger partial charge in [0.25, 0.3) is 0 Å². The summed E-state index contributed by atoms with van der Waals surface area (Å²) in [5.41, 5.74) is 2.57. The Labute approximate surface area is 194 Å². The summed E-state index contributed by atoms with van der Waals surface area (Å²) in [7, 11) is -3.62. The van der Waals surface area contributed by atoms with Gasteiger partial charge in [-0.2, -0.15) is 4.31 Å². The molecule has 0 unspecified atom stereocenters. The van der Waals surface area contributed by atoms with Gasteiger partial charge in [0.2, 0.25) is 21.8 Å². The molecule has 0 aromatic heterocycles. The summed E-state index contributed by atoms with van der Waals surface area (Å²) < 4.78 is 27.2. The number of anilines is 1. The SMILES string of the molecule is CC(=O)Nc1ccc(S(=O)(=O)N2CCC(NC(=O)CCc3ccc(C)c(Cl)c3)CC2)cc1. The van der Waals surface area contributed by atoms with Crippen molar-refractivity contribution in [2.75, 3.05) is 18.4 Å². The van der Waals surface area contributed by atoms with Crippen LogP contribution >= 0.6 is 11.6 Å². The van der Waals surface area contributed by atoms with Crippen molar-refractivity contribution in [3.8, 4) is 0 Å². The van der Waals surface area contributed by atoms with Crippen molar-refractivity contribution in [2.45, 2.75) is 50.5 Å². The highest BCUT2D eigenvalue weighted by atomic mass is 35.5. The van der Waals surface area contributed by atoms with E-state index in [1.807, 2.05) is 25.1 Å². The van der Waals surface area contributed by atoms with Gasteiger partial charge in [-0.1, -0.05) is 23.7 Å². The Kier molecular flexibility index (Phi) is 7.92. The average molecular weight is 478 g/mol. The average Bonchev–Trinajstić information content (AvgIpc) is 2.75. The first kappa shape index (κ1) is 24.2. The smallest absolute Gasteiger partial charge is 0.243 e. The maximum Gasteiger partial charge on any atom is 0.243 e. The molecule has 7 nitrogen and oxygen atoms in total. The Morgan fingerprint density at radius 2 is 1.75 bits per heavy atom. The van der Waals surface area contributed by atoms with Crippen LogP contribution in [0.3, 0.4) is 0 Å². The van der Waals surface area contributed by atoms with Crippen LogP contribution in [0.5, 0.6) is 0 Å². The van der Waals surface area contributed by atoms with E-state index < -0.39 is 10.0 Å². The summed E-state index contributed by atoms with van der Waals surface area (Å²) in [6.45, 7) is 4.01. The molecule has 1 saturated heterocycles. The van der Waals surface area contributed by atoms with Crippen LogP contribution in [0.1, 0.15) is 37.3 Å². The van der Waals surface area contributed by atoms with Gasteiger partial charge in [0.05, 0.1) is 4.90 Å². The predicted octanol–water partition coefficient (Wildman–Crippen LogP) is 3.51. The van der Waals surface area contributed by atoms with Crippen molar-refractivity contribution in [3.63, 3.8) is 0 Å². The second-order valence-electron chi connectivity index (χ2n) is 8.03. The normalized spacial score (nSPS) is 15.3. The van der Waals surface area contributed by atoms with E-state index in [9.17, 15) is 18.0 Å². The van der Waals surface area contributed by atoms with Crippen LogP contribution in [0.25, 0.3) is 0 Å². The van der Waals surface area contributed by atoms with Gasteiger partial charge in [0, 0.05) is 43.2 Å². The van der Waals surface area contributed by atoms with Gasteiger partial charge >= 0.3 is 0 Å². The Morgan fingerprint density at radius 1 is 1.09 bits per heavy atom. The number of halogens is 1. The number of sulfonamides is 1. The number of benzene rings is 2. The number of carbonyl (C=O) groups is 2. The van der Waals surface area contributed by atoms with E-state index in [1.54, 1.807) is 12.1 Å². The predicted molar refractivity (Wildman–Crippen MR) is 125 cm³/mol. The lowest BCUT2D eigenvalue weighted by Crippen LogP contribution is -2.46. The third-order valence-electron chi connectivity index (χ3n) is 5.51. The fraction of sp³-hybridized carbons (Fsp3) is 0.391. The molecular weight excluding hydrogens is 450 g/mol. The number of hydrogen-bond acceptors (Lipinski definition) is 4. The van der Waals surface area contributed by atoms with E-state index >= 15 is 0 Å². The molecule has 2 aromatic rings. The van der Waals surface area contributed by atoms with Crippen LogP contribution in [0.4, 0.5) is 5.69 Å². The topological polar surface area (TPSA) is 95.6 Å². The van der Waals surface area contributed by atoms with Gasteiger partial charge in [-0.05, 0) is 67.6 Å². The molecule has 0 aliphatic carbocycles. The molecule has 0 atom stereocenters. The standard InChI is InChI=1S/C23H28ClN3O4S/c1-16-3-4-18(15-22(16)24)5-10-23(29)26-20-11-13-27(14-12-20)32(30,31)21-8-6-19(7-9-21)25-17(2)28/h3-4,6-9,15,20H,5,10-14H2,1-2H3,(H,25,28)(H,26,29). The van der Waals surface area contributed by atoms with E-state index in [1.165, 1.54) is 23.4 Å². The van der Waals surface area contributed by atoms with E-state index in [0.717, 1.165) is 11.1 Å². The van der Waals surface area contributed by atoms with Gasteiger partial charge in [-0.15, -0.1) is 0 Å². The van der Waals surface area contributed by atoms with Crippen molar-refractivity contribution in [2.24, 2.45) is 0 Å². The second-order valence-corrected chi connectivity index (χ2v) is 10.4. The molecule has 9 heteroatoms. The van der Waals surface area contributed by atoms with Gasteiger partial charge in [-0.3, -0.25) is 9.59 Å². The Bertz CT molecular complexity index is 1080. The van der Waals surface area contributed by atoms with Gasteiger partial charge in [-0.25, -0.2) is 8.42 Å². The van der Waals surface area contributed by atoms with Crippen molar-refractivity contribution < 1.29 is 18.0 Å². The lowest BCUT2D eigenvalue weighted by molar-refractivity contribution is -0.122. The number of nitrogens with one attached hydrogen (secondary N) is 2. The molecule has 2 amide bonds. The summed E-state index contributed by atoms with van der Waals surface area (Å²) in [5, 5.41) is 6.33. The molecule has 172 valence electrons. The van der Waals surface area contributed by atoms with E-state index in [4.69, 9.17) is 11.6 Å². The summed E-state index contributed by atoms with van der Waals surface area (Å²) in [6.07, 6.45) is 2.09. The van der Waals surface area contributed by atoms with Crippen molar-refractivity contribution in [1.82, 2.24) is 9.62 Å². The van der Waals surface area contributed by atoms with Crippen LogP contribution in [0, 0.1) is 6.92 Å². The van der Waals surface area contributed by atoms with Crippen LogP contribution in [-0.4, -0.2) is 43.7 Å². The third kappa shape index (κ3) is 6.31. The first-order valence-corrected chi connectivity index (χ1v) is 12.4. The Balaban J connectivity index is 1.48. The molecule has 1 aliphatic rings. The molecule has 2 aromatic carbocycles. The van der Waals surface area contributed by atoms with Crippen LogP contribution in [0.2, 0.25) is 5.02 Å². The zero-order chi connectivity index (χ0) is 23.3. The summed E-state index contributed by atoms with van der Waals surface area (Å²) in [4.78, 5) is 23.6. The monoisotopic (exact) mass is 477 g/mol. The second kappa shape index (κ2) is 10.5. The molecule has 2 N–H and O–H groups in total. The minimum absolute atomic E-state index is 0.0438. The first-order valence-electron chi connectivity index (χ1n) is 10.6. The van der Waals surface area contributed by atoms with Crippen LogP contribution in [-0.2, 0) is 26.0 Å². The molecule has 0 radical (unpaired) electrons. The van der Waals surface area contributed by atoms with Crippen molar-refractivity contribution >= 4 is 39.1 Å². The third-order valence-corrected chi connectivity index (χ3v) is 7.83. The van der Waals surface area contributed by atoms with E-state index in [0.29, 0.717) is 49.5 Å². The molecule has 0 bridgehead atoms. The highest BCUT2D eigenvalue weighted by Crippen LogP contribution is 2.23. The van der Waals surface area contributed by atoms with Crippen LogP contribution in [0.15, 0.2) is 47.4 Å². The number of carbonyl (C=O) groups excluding carboxylic acids is 2.